The van der Waals surface area contributed by atoms with Crippen LogP contribution in [0.2, 0.25) is 5.28 Å². The second-order valence-corrected chi connectivity index (χ2v) is 12.7. The zero-order valence-corrected chi connectivity index (χ0v) is 25.3. The van der Waals surface area contributed by atoms with E-state index in [1.807, 2.05) is 18.2 Å². The van der Waals surface area contributed by atoms with Crippen molar-refractivity contribution in [2.45, 2.75) is 29.4 Å². The molecule has 2 aliphatic heterocycles. The number of aliphatic hydroxyl groups is 2. The Labute approximate surface area is 258 Å². The van der Waals surface area contributed by atoms with Crippen molar-refractivity contribution in [2.24, 2.45) is 0 Å². The molecule has 0 aliphatic carbocycles. The van der Waals surface area contributed by atoms with E-state index in [0.717, 1.165) is 14.8 Å². The van der Waals surface area contributed by atoms with Crippen molar-refractivity contribution in [3.05, 3.63) is 75.1 Å². The number of amides is 1. The van der Waals surface area contributed by atoms with E-state index in [1.165, 1.54) is 30.2 Å². The molecule has 2 aliphatic rings. The molecule has 4 heterocycles. The lowest BCUT2D eigenvalue weighted by atomic mass is 10.1. The summed E-state index contributed by atoms with van der Waals surface area (Å²) >= 11 is 9.70. The second kappa shape index (κ2) is 11.9. The van der Waals surface area contributed by atoms with Crippen LogP contribution in [0.5, 0.6) is 0 Å². The summed E-state index contributed by atoms with van der Waals surface area (Å²) in [5, 5.41) is 23.6. The van der Waals surface area contributed by atoms with Crippen molar-refractivity contribution in [1.29, 1.82) is 0 Å². The van der Waals surface area contributed by atoms with Gasteiger partial charge in [-0.3, -0.25) is 9.36 Å². The average molecular weight is 710 g/mol. The van der Waals surface area contributed by atoms with Crippen LogP contribution in [0.3, 0.4) is 0 Å². The summed E-state index contributed by atoms with van der Waals surface area (Å²) in [4.78, 5) is 30.4. The molecule has 0 bridgehead atoms. The van der Waals surface area contributed by atoms with Crippen LogP contribution < -0.4 is 10.2 Å². The zero-order chi connectivity index (χ0) is 28.7. The zero-order valence-electron chi connectivity index (χ0n) is 21.6. The summed E-state index contributed by atoms with van der Waals surface area (Å²) in [5.74, 6) is -0.0844. The van der Waals surface area contributed by atoms with Crippen LogP contribution in [0.1, 0.15) is 10.9 Å². The molecule has 2 aromatic heterocycles. The molecule has 10 nitrogen and oxygen atoms in total. The van der Waals surface area contributed by atoms with E-state index < -0.39 is 22.8 Å². The Kier molecular flexibility index (Phi) is 8.23. The van der Waals surface area contributed by atoms with Gasteiger partial charge in [-0.2, -0.15) is 9.97 Å². The topological polar surface area (TPSA) is 120 Å². The number of rotatable bonds is 6. The molecule has 4 aromatic rings. The highest BCUT2D eigenvalue weighted by molar-refractivity contribution is 14.1. The van der Waals surface area contributed by atoms with Gasteiger partial charge in [0.15, 0.2) is 17.0 Å². The van der Waals surface area contributed by atoms with Gasteiger partial charge in [0.2, 0.25) is 11.2 Å². The minimum absolute atomic E-state index is 0.00841. The van der Waals surface area contributed by atoms with Crippen molar-refractivity contribution < 1.29 is 19.4 Å². The van der Waals surface area contributed by atoms with Crippen molar-refractivity contribution in [3.8, 4) is 0 Å². The maximum Gasteiger partial charge on any atom is 0.238 e. The van der Waals surface area contributed by atoms with Gasteiger partial charge in [-0.15, -0.1) is 11.8 Å². The fourth-order valence-electron chi connectivity index (χ4n) is 5.14. The Morgan fingerprint density at radius 2 is 1.85 bits per heavy atom. The largest absolute Gasteiger partial charge is 0.389 e. The van der Waals surface area contributed by atoms with E-state index in [9.17, 15) is 19.4 Å². The lowest BCUT2D eigenvalue weighted by Gasteiger charge is -2.37. The van der Waals surface area contributed by atoms with Crippen LogP contribution in [0, 0.1) is 9.39 Å². The second-order valence-electron chi connectivity index (χ2n) is 9.87. The fraction of sp³-hybridized carbons (Fsp3) is 0.333. The molecule has 41 heavy (non-hydrogen) atoms. The molecule has 1 amide bonds. The van der Waals surface area contributed by atoms with Gasteiger partial charge < -0.3 is 25.3 Å². The van der Waals surface area contributed by atoms with E-state index >= 15 is 0 Å². The van der Waals surface area contributed by atoms with Gasteiger partial charge in [0.25, 0.3) is 0 Å². The number of fused-ring (bicyclic) bond motifs is 1. The standard InChI is InChI=1S/C27H26ClFIN7O3S/c28-27-33-23(31-13-15-2-1-3-17(30)12-15)19-24(34-27)37(14-32-19)26-21(39)20(38)22(41-26)25(40)36-10-8-35(9-11-36)18-6-4-16(29)5-7-18/h1-7,12,14,20-22,26,38-39H,8-11,13H2,(H,31,33,34)/t20-,21+,22-,26+/m0/s1. The number of carbonyl (C=O) groups excluding carboxylic acids is 1. The van der Waals surface area contributed by atoms with E-state index in [-0.39, 0.29) is 17.0 Å². The third kappa shape index (κ3) is 5.82. The summed E-state index contributed by atoms with van der Waals surface area (Å²) in [7, 11) is 0. The Morgan fingerprint density at radius 1 is 1.10 bits per heavy atom. The number of piperazine rings is 1. The van der Waals surface area contributed by atoms with Crippen LogP contribution in [-0.4, -0.2) is 84.2 Å². The van der Waals surface area contributed by atoms with Crippen LogP contribution in [0.25, 0.3) is 11.2 Å². The monoisotopic (exact) mass is 709 g/mol. The van der Waals surface area contributed by atoms with Crippen LogP contribution in [-0.2, 0) is 11.3 Å². The van der Waals surface area contributed by atoms with Gasteiger partial charge in [0.05, 0.1) is 6.33 Å². The smallest absolute Gasteiger partial charge is 0.238 e. The Morgan fingerprint density at radius 3 is 2.59 bits per heavy atom. The van der Waals surface area contributed by atoms with Gasteiger partial charge in [-0.1, -0.05) is 12.1 Å². The maximum atomic E-state index is 13.5. The van der Waals surface area contributed by atoms with Crippen LogP contribution in [0.15, 0.2) is 54.9 Å². The molecule has 0 unspecified atom stereocenters. The summed E-state index contributed by atoms with van der Waals surface area (Å²) in [6.07, 6.45) is -0.988. The van der Waals surface area contributed by atoms with Crippen molar-refractivity contribution in [1.82, 2.24) is 24.4 Å². The SMILES string of the molecule is O=C([C@H]1S[C@@H](n2cnc3c(NCc4cccc(I)c4)nc(Cl)nc32)[C@H](O)[C@@H]1O)N1CCN(c2ccc(F)cc2)CC1. The van der Waals surface area contributed by atoms with E-state index in [0.29, 0.717) is 49.7 Å². The normalized spacial score (nSPS) is 22.9. The molecule has 3 N–H and O–H groups in total. The number of nitrogens with zero attached hydrogens (tertiary/aromatic N) is 6. The van der Waals surface area contributed by atoms with E-state index in [2.05, 4.69) is 53.8 Å². The highest BCUT2D eigenvalue weighted by atomic mass is 127. The molecule has 2 aromatic carbocycles. The van der Waals surface area contributed by atoms with Gasteiger partial charge in [0.1, 0.15) is 28.6 Å². The van der Waals surface area contributed by atoms with Crippen LogP contribution >= 0.6 is 46.0 Å². The number of nitrogens with one attached hydrogen (secondary N) is 1. The molecule has 4 atom stereocenters. The first-order valence-electron chi connectivity index (χ1n) is 13.0. The molecule has 2 saturated heterocycles. The minimum Gasteiger partial charge on any atom is -0.389 e. The summed E-state index contributed by atoms with van der Waals surface area (Å²) in [5.41, 5.74) is 2.81. The summed E-state index contributed by atoms with van der Waals surface area (Å²) < 4.78 is 16.0. The van der Waals surface area contributed by atoms with Crippen LogP contribution in [0.4, 0.5) is 15.9 Å². The first-order valence-corrected chi connectivity index (χ1v) is 15.4. The minimum atomic E-state index is -1.28. The van der Waals surface area contributed by atoms with Gasteiger partial charge >= 0.3 is 0 Å². The number of imidazole rings is 1. The first kappa shape index (κ1) is 28.4. The number of hydrogen-bond acceptors (Lipinski definition) is 9. The predicted octanol–water partition coefficient (Wildman–Crippen LogP) is 3.52. The van der Waals surface area contributed by atoms with E-state index in [4.69, 9.17) is 11.6 Å². The highest BCUT2D eigenvalue weighted by Gasteiger charge is 2.48. The fourth-order valence-corrected chi connectivity index (χ4v) is 7.41. The lowest BCUT2D eigenvalue weighted by Crippen LogP contribution is -2.52. The summed E-state index contributed by atoms with van der Waals surface area (Å²) in [6, 6.07) is 14.3. The third-order valence-electron chi connectivity index (χ3n) is 7.28. The lowest BCUT2D eigenvalue weighted by molar-refractivity contribution is -0.133. The van der Waals surface area contributed by atoms with Gasteiger partial charge in [-0.05, 0) is 76.2 Å². The van der Waals surface area contributed by atoms with Crippen molar-refractivity contribution in [2.75, 3.05) is 36.4 Å². The number of benzene rings is 2. The predicted molar refractivity (Wildman–Crippen MR) is 164 cm³/mol. The number of aromatic nitrogens is 4. The molecule has 2 fully saturated rings. The molecule has 14 heteroatoms. The average Bonchev–Trinajstić information content (AvgIpc) is 3.52. The van der Waals surface area contributed by atoms with Gasteiger partial charge in [-0.25, -0.2) is 9.37 Å². The molecule has 6 rings (SSSR count). The van der Waals surface area contributed by atoms with Crippen molar-refractivity contribution in [3.63, 3.8) is 0 Å². The Hall–Kier alpha value is -2.72. The number of carbonyl (C=O) groups is 1. The molecule has 214 valence electrons. The molecular weight excluding hydrogens is 684 g/mol. The number of aliphatic hydroxyl groups excluding tert-OH is 2. The summed E-state index contributed by atoms with van der Waals surface area (Å²) in [6.45, 7) is 2.56. The van der Waals surface area contributed by atoms with Gasteiger partial charge in [0, 0.05) is 42.0 Å². The molecular formula is C27H26ClFIN7O3S. The first-order chi connectivity index (χ1) is 19.8. The highest BCUT2D eigenvalue weighted by Crippen LogP contribution is 2.44. The maximum absolute atomic E-state index is 13.5. The van der Waals surface area contributed by atoms with E-state index in [1.54, 1.807) is 21.6 Å². The number of anilines is 2. The number of hydrogen-bond donors (Lipinski definition) is 3. The molecule has 0 spiro atoms. The molecule has 0 radical (unpaired) electrons. The Bertz CT molecular complexity index is 1570. The number of halogens is 3. The van der Waals surface area contributed by atoms with Crippen molar-refractivity contribution >= 4 is 74.5 Å². The third-order valence-corrected chi connectivity index (χ3v) is 9.68. The quantitative estimate of drug-likeness (QED) is 0.204. The molecule has 0 saturated carbocycles. The Balaban J connectivity index is 1.16. The number of thioether (sulfide) groups is 1.